The van der Waals surface area contributed by atoms with Crippen molar-refractivity contribution in [1.82, 2.24) is 14.4 Å². The molecular formula is C23H25N3O4S4. The van der Waals surface area contributed by atoms with Gasteiger partial charge in [0.2, 0.25) is 21.3 Å². The van der Waals surface area contributed by atoms with Gasteiger partial charge in [0.25, 0.3) is 0 Å². The van der Waals surface area contributed by atoms with Crippen molar-refractivity contribution in [1.29, 1.82) is 0 Å². The molecule has 7 nitrogen and oxygen atoms in total. The number of aryl methyl sites for hydroxylation is 1. The number of thiophene rings is 1. The molecular weight excluding hydrogens is 511 g/mol. The number of sulfonamides is 1. The molecule has 0 radical (unpaired) electrons. The molecule has 0 bridgehead atoms. The molecule has 0 saturated heterocycles. The van der Waals surface area contributed by atoms with E-state index in [1.165, 1.54) is 11.3 Å². The smallest absolute Gasteiger partial charge is 0.232 e. The number of rotatable bonds is 11. The van der Waals surface area contributed by atoms with Crippen LogP contribution in [0.1, 0.15) is 30.1 Å². The summed E-state index contributed by atoms with van der Waals surface area (Å²) in [7, 11) is -3.57. The lowest BCUT2D eigenvalue weighted by Crippen LogP contribution is -2.32. The molecule has 1 aliphatic carbocycles. The van der Waals surface area contributed by atoms with E-state index in [4.69, 9.17) is 9.54 Å². The largest absolute Gasteiger partial charge is 0.294 e. The molecule has 2 unspecified atom stereocenters. The predicted molar refractivity (Wildman–Crippen MR) is 139 cm³/mol. The van der Waals surface area contributed by atoms with Crippen molar-refractivity contribution in [3.05, 3.63) is 88.3 Å². The van der Waals surface area contributed by atoms with E-state index in [0.717, 1.165) is 21.0 Å². The summed E-state index contributed by atoms with van der Waals surface area (Å²) in [6.45, 7) is 0. The van der Waals surface area contributed by atoms with Gasteiger partial charge < -0.3 is 0 Å². The number of hydrogen-bond donors (Lipinski definition) is 3. The van der Waals surface area contributed by atoms with Gasteiger partial charge in [0.1, 0.15) is 5.01 Å². The molecule has 3 atom stereocenters. The highest BCUT2D eigenvalue weighted by molar-refractivity contribution is 7.89. The minimum Gasteiger partial charge on any atom is -0.294 e. The predicted octanol–water partition coefficient (Wildman–Crippen LogP) is 4.45. The SMILES string of the molecule is O=S(O)NC1C=CC(C[C@H](NS(=O)(=O)CCc2ccccc2)c2csc(-c3cccs3)n2)=CC1. The van der Waals surface area contributed by atoms with E-state index in [2.05, 4.69) is 9.44 Å². The monoisotopic (exact) mass is 535 g/mol. The van der Waals surface area contributed by atoms with E-state index >= 15 is 0 Å². The highest BCUT2D eigenvalue weighted by Gasteiger charge is 2.24. The Morgan fingerprint density at radius 3 is 2.68 bits per heavy atom. The lowest BCUT2D eigenvalue weighted by Gasteiger charge is -2.21. The average molecular weight is 536 g/mol. The Labute approximate surface area is 210 Å². The Balaban J connectivity index is 1.50. The van der Waals surface area contributed by atoms with Crippen molar-refractivity contribution in [2.24, 2.45) is 0 Å². The van der Waals surface area contributed by atoms with Crippen LogP contribution in [-0.2, 0) is 27.7 Å². The summed E-state index contributed by atoms with van der Waals surface area (Å²) in [5, 5.41) is 4.76. The molecule has 0 saturated carbocycles. The molecule has 0 amide bonds. The molecule has 0 fully saturated rings. The van der Waals surface area contributed by atoms with E-state index in [1.54, 1.807) is 11.3 Å². The Hall–Kier alpha value is -1.99. The Morgan fingerprint density at radius 1 is 1.18 bits per heavy atom. The molecule has 1 aliphatic rings. The van der Waals surface area contributed by atoms with Crippen molar-refractivity contribution < 1.29 is 17.2 Å². The third kappa shape index (κ3) is 7.25. The summed E-state index contributed by atoms with van der Waals surface area (Å²) in [6, 6.07) is 12.8. The summed E-state index contributed by atoms with van der Waals surface area (Å²) in [5.74, 6) is -0.0153. The van der Waals surface area contributed by atoms with E-state index in [1.807, 2.05) is 71.5 Å². The maximum Gasteiger partial charge on any atom is 0.232 e. The first-order valence-corrected chi connectivity index (χ1v) is 15.2. The number of benzene rings is 1. The molecule has 0 aliphatic heterocycles. The summed E-state index contributed by atoms with van der Waals surface area (Å²) in [5.41, 5.74) is 2.60. The molecule has 4 rings (SSSR count). The first-order valence-electron chi connectivity index (χ1n) is 10.7. The van der Waals surface area contributed by atoms with Crippen LogP contribution in [0.5, 0.6) is 0 Å². The maximum absolute atomic E-state index is 13.0. The molecule has 2 aromatic heterocycles. The summed E-state index contributed by atoms with van der Waals surface area (Å²) in [4.78, 5) is 5.79. The molecule has 11 heteroatoms. The maximum atomic E-state index is 13.0. The van der Waals surface area contributed by atoms with Gasteiger partial charge in [-0.2, -0.15) is 0 Å². The molecule has 3 aromatic rings. The van der Waals surface area contributed by atoms with Gasteiger partial charge in [-0.1, -0.05) is 60.2 Å². The lowest BCUT2D eigenvalue weighted by atomic mass is 9.97. The Morgan fingerprint density at radius 2 is 2.00 bits per heavy atom. The zero-order valence-electron chi connectivity index (χ0n) is 18.2. The van der Waals surface area contributed by atoms with Crippen molar-refractivity contribution in [3.63, 3.8) is 0 Å². The van der Waals surface area contributed by atoms with Gasteiger partial charge in [0.05, 0.1) is 22.4 Å². The van der Waals surface area contributed by atoms with Crippen LogP contribution in [0.4, 0.5) is 0 Å². The highest BCUT2D eigenvalue weighted by atomic mass is 32.2. The van der Waals surface area contributed by atoms with Crippen LogP contribution in [-0.4, -0.2) is 34.0 Å². The first kappa shape index (κ1) is 25.1. The number of thiazole rings is 1. The summed E-state index contributed by atoms with van der Waals surface area (Å²) >= 11 is 1.00. The van der Waals surface area contributed by atoms with Gasteiger partial charge in [0, 0.05) is 11.4 Å². The quantitative estimate of drug-likeness (QED) is 0.315. The van der Waals surface area contributed by atoms with Gasteiger partial charge in [-0.25, -0.2) is 27.1 Å². The summed E-state index contributed by atoms with van der Waals surface area (Å²) in [6.07, 6.45) is 7.05. The minimum atomic E-state index is -3.57. The van der Waals surface area contributed by atoms with Crippen LogP contribution >= 0.6 is 22.7 Å². The fraction of sp³-hybridized carbons (Fsp3) is 0.261. The van der Waals surface area contributed by atoms with E-state index in [-0.39, 0.29) is 11.8 Å². The molecule has 1 aromatic carbocycles. The van der Waals surface area contributed by atoms with Crippen LogP contribution < -0.4 is 9.44 Å². The van der Waals surface area contributed by atoms with Crippen LogP contribution in [0.3, 0.4) is 0 Å². The summed E-state index contributed by atoms with van der Waals surface area (Å²) < 4.78 is 51.4. The van der Waals surface area contributed by atoms with Crippen molar-refractivity contribution >= 4 is 44.0 Å². The molecule has 34 heavy (non-hydrogen) atoms. The van der Waals surface area contributed by atoms with Gasteiger partial charge >= 0.3 is 0 Å². The molecule has 3 N–H and O–H groups in total. The van der Waals surface area contributed by atoms with Gasteiger partial charge in [-0.05, 0) is 36.3 Å². The fourth-order valence-electron chi connectivity index (χ4n) is 3.61. The number of hydrogen-bond acceptors (Lipinski definition) is 6. The van der Waals surface area contributed by atoms with Crippen LogP contribution in [0.25, 0.3) is 9.88 Å². The van der Waals surface area contributed by atoms with Crippen molar-refractivity contribution in [2.75, 3.05) is 5.75 Å². The highest BCUT2D eigenvalue weighted by Crippen LogP contribution is 2.32. The topological polar surface area (TPSA) is 108 Å². The third-order valence-corrected chi connectivity index (χ3v) is 9.09. The first-order chi connectivity index (χ1) is 16.4. The Bertz CT molecular complexity index is 1270. The van der Waals surface area contributed by atoms with E-state index in [9.17, 15) is 12.6 Å². The van der Waals surface area contributed by atoms with Gasteiger partial charge in [-0.15, -0.1) is 22.7 Å². The van der Waals surface area contributed by atoms with Gasteiger partial charge in [0.15, 0.2) is 0 Å². The van der Waals surface area contributed by atoms with Crippen LogP contribution in [0.15, 0.2) is 77.0 Å². The minimum absolute atomic E-state index is 0.0153. The number of nitrogens with one attached hydrogen (secondary N) is 2. The Kier molecular flexibility index (Phi) is 8.59. The van der Waals surface area contributed by atoms with E-state index in [0.29, 0.717) is 25.0 Å². The van der Waals surface area contributed by atoms with Crippen LogP contribution in [0, 0.1) is 0 Å². The second kappa shape index (κ2) is 11.6. The normalized spacial score (nSPS) is 17.9. The van der Waals surface area contributed by atoms with Crippen molar-refractivity contribution in [3.8, 4) is 9.88 Å². The zero-order chi connectivity index (χ0) is 24.0. The van der Waals surface area contributed by atoms with E-state index < -0.39 is 27.3 Å². The van der Waals surface area contributed by atoms with Crippen molar-refractivity contribution in [2.45, 2.75) is 31.3 Å². The van der Waals surface area contributed by atoms with Gasteiger partial charge in [-0.3, -0.25) is 4.55 Å². The molecule has 0 spiro atoms. The standard InChI is InChI=1S/C23H25N3O4S4/c27-33(28)25-19-10-8-18(9-11-19)15-20(21-16-32-23(24-21)22-7-4-13-31-22)26-34(29,30)14-12-17-5-2-1-3-6-17/h1-10,13,16,19-20,25-26H,11-12,14-15H2,(H,27,28)/t19?,20-/m0/s1. The molecule has 180 valence electrons. The molecule has 2 heterocycles. The van der Waals surface area contributed by atoms with Crippen LogP contribution in [0.2, 0.25) is 0 Å². The average Bonchev–Trinajstić information content (AvgIpc) is 3.51. The number of nitrogens with zero attached hydrogens (tertiary/aromatic N) is 1. The number of aromatic nitrogens is 1. The lowest BCUT2D eigenvalue weighted by molar-refractivity contribution is 0.536. The number of allylic oxidation sites excluding steroid dienone is 1. The fourth-order valence-corrected chi connectivity index (χ4v) is 6.99. The second-order valence-electron chi connectivity index (χ2n) is 7.83. The second-order valence-corrected chi connectivity index (χ2v) is 12.2. The zero-order valence-corrected chi connectivity index (χ0v) is 21.4. The third-order valence-electron chi connectivity index (χ3n) is 5.30.